The molecule has 0 radical (unpaired) electrons. The van der Waals surface area contributed by atoms with Crippen molar-refractivity contribution in [2.45, 2.75) is 19.5 Å². The van der Waals surface area contributed by atoms with Crippen molar-refractivity contribution in [2.24, 2.45) is 0 Å². The summed E-state index contributed by atoms with van der Waals surface area (Å²) in [5, 5.41) is 7.72. The quantitative estimate of drug-likeness (QED) is 0.0976. The summed E-state index contributed by atoms with van der Waals surface area (Å²) in [5.74, 6) is 1.53. The molecule has 0 unspecified atom stereocenters. The molecule has 20 heteroatoms. The number of carbonyl (C=O) groups excluding carboxylic acids is 2. The molecule has 6 heterocycles. The summed E-state index contributed by atoms with van der Waals surface area (Å²) in [6, 6.07) is 14.1. The van der Waals surface area contributed by atoms with Gasteiger partial charge in [0.05, 0.1) is 120 Å². The fourth-order valence-corrected chi connectivity index (χ4v) is 6.97. The Hall–Kier alpha value is -7.31. The SMILES string of the molecule is COc1c(Cl)cccc1Nc1cc(Cl)nc2c1C(=O)N(C)C2.[C-]#[N+]c1cncc(Cc2cc(Nc3cccc(Cl)c3OC)c3c(n2)CN(C)C3=O)n1.[C-]#[N+]c1cncc(N)n1. The third-order valence-corrected chi connectivity index (χ3v) is 9.68. The van der Waals surface area contributed by atoms with Crippen LogP contribution in [0.15, 0.2) is 73.3 Å². The van der Waals surface area contributed by atoms with Gasteiger partial charge in [-0.25, -0.2) is 4.98 Å². The molecule has 0 saturated carbocycles. The molecule has 61 heavy (non-hydrogen) atoms. The van der Waals surface area contributed by atoms with E-state index in [1.54, 1.807) is 60.4 Å². The summed E-state index contributed by atoms with van der Waals surface area (Å²) in [5.41, 5.74) is 11.4. The first-order chi connectivity index (χ1) is 29.3. The number of nitrogens with two attached hydrogens (primary N) is 1. The molecule has 2 aliphatic heterocycles. The van der Waals surface area contributed by atoms with Gasteiger partial charge in [0.15, 0.2) is 17.2 Å². The number of halogens is 3. The van der Waals surface area contributed by atoms with E-state index >= 15 is 0 Å². The van der Waals surface area contributed by atoms with Crippen molar-refractivity contribution in [1.82, 2.24) is 39.7 Å². The van der Waals surface area contributed by atoms with Crippen LogP contribution in [0.3, 0.4) is 0 Å². The Bertz CT molecular complexity index is 2740. The molecular weight excluding hydrogens is 845 g/mol. The minimum absolute atomic E-state index is 0.0948. The number of anilines is 5. The molecule has 4 N–H and O–H groups in total. The molecular formula is C41H34Cl3N13O4. The first-order valence-electron chi connectivity index (χ1n) is 17.9. The number of nitrogens with zero attached hydrogens (tertiary/aromatic N) is 10. The van der Waals surface area contributed by atoms with E-state index in [0.29, 0.717) is 103 Å². The second-order valence-electron chi connectivity index (χ2n) is 13.1. The van der Waals surface area contributed by atoms with Gasteiger partial charge in [-0.3, -0.25) is 24.5 Å². The highest BCUT2D eigenvalue weighted by molar-refractivity contribution is 6.33. The van der Waals surface area contributed by atoms with Crippen molar-refractivity contribution >= 4 is 86.8 Å². The van der Waals surface area contributed by atoms with E-state index in [1.807, 2.05) is 18.2 Å². The van der Waals surface area contributed by atoms with Gasteiger partial charge in [-0.2, -0.15) is 0 Å². The fourth-order valence-electron chi connectivity index (χ4n) is 6.25. The predicted octanol–water partition coefficient (Wildman–Crippen LogP) is 8.34. The normalized spacial score (nSPS) is 12.1. The Morgan fingerprint density at radius 1 is 0.689 bits per heavy atom. The van der Waals surface area contributed by atoms with Crippen molar-refractivity contribution in [3.8, 4) is 11.5 Å². The molecule has 0 aliphatic carbocycles. The molecule has 2 aliphatic rings. The highest BCUT2D eigenvalue weighted by atomic mass is 35.5. The molecule has 0 bridgehead atoms. The van der Waals surface area contributed by atoms with Gasteiger partial charge >= 0.3 is 0 Å². The van der Waals surface area contributed by atoms with E-state index in [0.717, 1.165) is 0 Å². The number of hydrogen-bond donors (Lipinski definition) is 3. The van der Waals surface area contributed by atoms with Crippen LogP contribution in [-0.2, 0) is 19.5 Å². The van der Waals surface area contributed by atoms with Crippen LogP contribution in [0.25, 0.3) is 9.69 Å². The van der Waals surface area contributed by atoms with Crippen LogP contribution in [-0.4, -0.2) is 79.8 Å². The van der Waals surface area contributed by atoms with Gasteiger partial charge in [-0.15, -0.1) is 4.98 Å². The maximum Gasteiger partial charge on any atom is 0.290 e. The van der Waals surface area contributed by atoms with E-state index in [-0.39, 0.29) is 29.3 Å². The lowest BCUT2D eigenvalue weighted by atomic mass is 10.1. The van der Waals surface area contributed by atoms with Gasteiger partial charge in [0.1, 0.15) is 5.15 Å². The van der Waals surface area contributed by atoms with Crippen LogP contribution in [0.1, 0.15) is 43.5 Å². The number of pyridine rings is 2. The van der Waals surface area contributed by atoms with Gasteiger partial charge in [-0.05, 0) is 36.4 Å². The van der Waals surface area contributed by atoms with Gasteiger partial charge in [0, 0.05) is 14.1 Å². The van der Waals surface area contributed by atoms with Gasteiger partial charge in [0.2, 0.25) is 5.82 Å². The Balaban J connectivity index is 0.000000175. The predicted molar refractivity (Wildman–Crippen MR) is 231 cm³/mol. The van der Waals surface area contributed by atoms with Crippen LogP contribution >= 0.6 is 34.8 Å². The molecule has 0 fully saturated rings. The molecule has 308 valence electrons. The summed E-state index contributed by atoms with van der Waals surface area (Å²) < 4.78 is 10.7. The molecule has 0 saturated heterocycles. The molecule has 2 aromatic carbocycles. The fraction of sp³-hybridized carbons (Fsp3) is 0.171. The van der Waals surface area contributed by atoms with Crippen LogP contribution in [0.2, 0.25) is 15.2 Å². The summed E-state index contributed by atoms with van der Waals surface area (Å²) in [6.07, 6.45) is 6.16. The van der Waals surface area contributed by atoms with Crippen molar-refractivity contribution < 1.29 is 19.1 Å². The first kappa shape index (κ1) is 43.3. The van der Waals surface area contributed by atoms with Crippen molar-refractivity contribution in [2.75, 3.05) is 44.7 Å². The lowest BCUT2D eigenvalue weighted by molar-refractivity contribution is 0.0809. The number of para-hydroxylation sites is 2. The van der Waals surface area contributed by atoms with Crippen molar-refractivity contribution in [3.63, 3.8) is 0 Å². The number of fused-ring (bicyclic) bond motifs is 2. The number of amides is 2. The summed E-state index contributed by atoms with van der Waals surface area (Å²) in [6.45, 7) is 14.5. The van der Waals surface area contributed by atoms with E-state index in [4.69, 9.17) is 63.2 Å². The number of nitrogens with one attached hydrogen (secondary N) is 2. The Morgan fingerprint density at radius 3 is 1.70 bits per heavy atom. The van der Waals surface area contributed by atoms with Crippen LogP contribution < -0.4 is 25.8 Å². The number of ether oxygens (including phenoxy) is 2. The smallest absolute Gasteiger partial charge is 0.290 e. The zero-order chi connectivity index (χ0) is 43.8. The van der Waals surface area contributed by atoms with E-state index in [1.165, 1.54) is 32.8 Å². The molecule has 0 spiro atoms. The monoisotopic (exact) mass is 877 g/mol. The summed E-state index contributed by atoms with van der Waals surface area (Å²) in [7, 11) is 6.53. The molecule has 17 nitrogen and oxygen atoms in total. The number of aromatic nitrogens is 6. The van der Waals surface area contributed by atoms with Crippen LogP contribution in [0, 0.1) is 13.1 Å². The number of rotatable bonds is 8. The molecule has 8 rings (SSSR count). The Kier molecular flexibility index (Phi) is 13.6. The molecule has 4 aromatic heterocycles. The highest BCUT2D eigenvalue weighted by Gasteiger charge is 2.31. The van der Waals surface area contributed by atoms with Crippen molar-refractivity contribution in [1.29, 1.82) is 0 Å². The molecule has 6 aromatic rings. The second-order valence-corrected chi connectivity index (χ2v) is 14.3. The number of benzene rings is 2. The minimum atomic E-state index is -0.109. The number of carbonyl (C=O) groups is 2. The van der Waals surface area contributed by atoms with Crippen LogP contribution in [0.5, 0.6) is 11.5 Å². The maximum absolute atomic E-state index is 12.7. The summed E-state index contributed by atoms with van der Waals surface area (Å²) in [4.78, 5) is 59.1. The first-order valence-corrected chi connectivity index (χ1v) is 19.0. The zero-order valence-corrected chi connectivity index (χ0v) is 35.1. The highest BCUT2D eigenvalue weighted by Crippen LogP contribution is 2.39. The largest absolute Gasteiger partial charge is 0.493 e. The Morgan fingerprint density at radius 2 is 1.20 bits per heavy atom. The standard InChI is InChI=1S/C21H17ClN6O2.C15H13Cl2N3O2.C5H4N4/c1-23-18-10-24-9-13(26-18)7-12-8-16(19-17(25-12)11-28(2)21(19)29)27-15-6-4-5-14(22)20(15)30-3;1-20-7-11-13(15(20)21)10(6-12(17)19-11)18-9-5-3-4-8(16)14(9)22-2;1-7-5-3-8-2-4(6)9-5/h4-6,8-10H,7,11H2,2-3H3,(H,25,27);3-6H,7H2,1-2H3,(H,18,19);2-3H,(H2,6,9). The zero-order valence-electron chi connectivity index (χ0n) is 32.9. The van der Waals surface area contributed by atoms with Crippen LogP contribution in [0.4, 0.5) is 40.2 Å². The summed E-state index contributed by atoms with van der Waals surface area (Å²) >= 11 is 18.4. The van der Waals surface area contributed by atoms with Gasteiger partial charge in [-0.1, -0.05) is 65.1 Å². The Labute approximate surface area is 365 Å². The lowest BCUT2D eigenvalue weighted by Gasteiger charge is -2.15. The van der Waals surface area contributed by atoms with Gasteiger partial charge < -0.3 is 45.3 Å². The van der Waals surface area contributed by atoms with Gasteiger partial charge in [0.25, 0.3) is 23.5 Å². The average molecular weight is 879 g/mol. The third kappa shape index (κ3) is 9.94. The van der Waals surface area contributed by atoms with E-state index in [2.05, 4.69) is 50.2 Å². The lowest BCUT2D eigenvalue weighted by Crippen LogP contribution is -2.18. The minimum Gasteiger partial charge on any atom is -0.493 e. The average Bonchev–Trinajstić information content (AvgIpc) is 3.69. The van der Waals surface area contributed by atoms with E-state index in [9.17, 15) is 9.59 Å². The number of methoxy groups -OCH3 is 2. The topological polar surface area (TPSA) is 195 Å². The second kappa shape index (κ2) is 19.2. The third-order valence-electron chi connectivity index (χ3n) is 8.89. The molecule has 0 atom stereocenters. The van der Waals surface area contributed by atoms with E-state index < -0.39 is 0 Å². The maximum atomic E-state index is 12.7. The van der Waals surface area contributed by atoms with Crippen molar-refractivity contribution in [3.05, 3.63) is 145 Å². The molecule has 2 amide bonds. The number of nitrogen functional groups attached to an aromatic ring is 1. The number of hydrogen-bond acceptors (Lipinski definition) is 13.